The number of carboxylic acids is 1. The van der Waals surface area contributed by atoms with Crippen molar-refractivity contribution in [2.24, 2.45) is 5.73 Å². The molecule has 2 heterocycles. The van der Waals surface area contributed by atoms with Crippen LogP contribution in [0.5, 0.6) is 5.75 Å². The van der Waals surface area contributed by atoms with Gasteiger partial charge in [0.15, 0.2) is 6.23 Å². The molecule has 0 spiro atoms. The van der Waals surface area contributed by atoms with Crippen LogP contribution < -0.4 is 10.5 Å². The minimum atomic E-state index is -1.10. The SMILES string of the molecule is CCCN1C(=O)C(=O)N(C(CC(=O)O)c2cccnc2)CC1Oc1ccc(C(=N)N)cc1.O.O.O. The van der Waals surface area contributed by atoms with Crippen LogP contribution in [0.4, 0.5) is 0 Å². The van der Waals surface area contributed by atoms with Gasteiger partial charge < -0.3 is 36.9 Å². The van der Waals surface area contributed by atoms with Crippen LogP contribution in [0.25, 0.3) is 0 Å². The average molecular weight is 494 g/mol. The highest BCUT2D eigenvalue weighted by Gasteiger charge is 2.43. The molecule has 192 valence electrons. The Morgan fingerprint density at radius 2 is 1.86 bits per heavy atom. The molecule has 2 amide bonds. The predicted octanol–water partition coefficient (Wildman–Crippen LogP) is -1.11. The van der Waals surface area contributed by atoms with Crippen LogP contribution in [0.1, 0.15) is 36.9 Å². The van der Waals surface area contributed by atoms with Crippen molar-refractivity contribution in [3.63, 3.8) is 0 Å². The smallest absolute Gasteiger partial charge is 0.315 e. The third-order valence-electron chi connectivity index (χ3n) is 5.12. The van der Waals surface area contributed by atoms with Gasteiger partial charge in [-0.1, -0.05) is 13.0 Å². The molecule has 1 aromatic carbocycles. The molecule has 3 rings (SSSR count). The van der Waals surface area contributed by atoms with Crippen molar-refractivity contribution in [2.45, 2.75) is 32.0 Å². The Morgan fingerprint density at radius 1 is 1.20 bits per heavy atom. The molecule has 13 nitrogen and oxygen atoms in total. The normalized spacial score (nSPS) is 15.7. The summed E-state index contributed by atoms with van der Waals surface area (Å²) in [6.45, 7) is 2.18. The first-order valence-electron chi connectivity index (χ1n) is 10.2. The largest absolute Gasteiger partial charge is 0.481 e. The third-order valence-corrected chi connectivity index (χ3v) is 5.12. The summed E-state index contributed by atoms with van der Waals surface area (Å²) in [5.74, 6) is -2.28. The van der Waals surface area contributed by atoms with Crippen LogP contribution in [0.15, 0.2) is 48.8 Å². The summed E-state index contributed by atoms with van der Waals surface area (Å²) in [5, 5.41) is 16.9. The molecular formula is C22H31N5O8. The van der Waals surface area contributed by atoms with E-state index in [1.54, 1.807) is 42.6 Å². The monoisotopic (exact) mass is 493 g/mol. The third kappa shape index (κ3) is 7.20. The lowest BCUT2D eigenvalue weighted by Crippen LogP contribution is -2.62. The first-order valence-corrected chi connectivity index (χ1v) is 10.2. The summed E-state index contributed by atoms with van der Waals surface area (Å²) < 4.78 is 6.03. The standard InChI is InChI=1S/C22H25N5O5.3H2O/c1-2-10-26-18(32-16-7-5-14(6-8-16)20(23)24)13-27(22(31)21(26)30)17(11-19(28)29)15-4-3-9-25-12-15;;;/h3-9,12,17-18H,2,10-11,13H2,1H3,(H3,23,24)(H,28,29);3*1H2. The van der Waals surface area contributed by atoms with Gasteiger partial charge in [0.25, 0.3) is 0 Å². The summed E-state index contributed by atoms with van der Waals surface area (Å²) in [7, 11) is 0. The zero-order valence-electron chi connectivity index (χ0n) is 19.1. The molecule has 13 heteroatoms. The van der Waals surface area contributed by atoms with Crippen LogP contribution >= 0.6 is 0 Å². The van der Waals surface area contributed by atoms with E-state index in [4.69, 9.17) is 15.9 Å². The second-order valence-corrected chi connectivity index (χ2v) is 7.37. The molecule has 10 N–H and O–H groups in total. The maximum atomic E-state index is 13.0. The first kappa shape index (κ1) is 30.9. The highest BCUT2D eigenvalue weighted by atomic mass is 16.5. The van der Waals surface area contributed by atoms with Gasteiger partial charge in [0, 0.05) is 24.5 Å². The minimum absolute atomic E-state index is 0. The number of nitrogen functional groups attached to an aromatic ring is 1. The average Bonchev–Trinajstić information content (AvgIpc) is 2.78. The van der Waals surface area contributed by atoms with E-state index >= 15 is 0 Å². The summed E-state index contributed by atoms with van der Waals surface area (Å²) in [6, 6.07) is 8.95. The lowest BCUT2D eigenvalue weighted by atomic mass is 10.0. The number of hydrogen-bond donors (Lipinski definition) is 3. The second-order valence-electron chi connectivity index (χ2n) is 7.37. The van der Waals surface area contributed by atoms with Gasteiger partial charge in [-0.25, -0.2) is 0 Å². The molecule has 2 unspecified atom stereocenters. The molecule has 1 aliphatic rings. The first-order chi connectivity index (χ1) is 15.3. The lowest BCUT2D eigenvalue weighted by Gasteiger charge is -2.42. The highest BCUT2D eigenvalue weighted by molar-refractivity contribution is 6.35. The Bertz CT molecular complexity index is 1000. The summed E-state index contributed by atoms with van der Waals surface area (Å²) >= 11 is 0. The van der Waals surface area contributed by atoms with E-state index < -0.39 is 30.1 Å². The van der Waals surface area contributed by atoms with Crippen molar-refractivity contribution in [1.82, 2.24) is 14.8 Å². The maximum Gasteiger partial charge on any atom is 0.315 e. The van der Waals surface area contributed by atoms with Crippen molar-refractivity contribution in [1.29, 1.82) is 5.41 Å². The van der Waals surface area contributed by atoms with E-state index in [0.29, 0.717) is 29.8 Å². The van der Waals surface area contributed by atoms with Crippen molar-refractivity contribution in [3.05, 3.63) is 59.9 Å². The molecule has 2 aromatic rings. The zero-order valence-corrected chi connectivity index (χ0v) is 19.1. The molecule has 1 fully saturated rings. The number of aromatic nitrogens is 1. The van der Waals surface area contributed by atoms with E-state index in [2.05, 4.69) is 4.98 Å². The molecule has 2 atom stereocenters. The van der Waals surface area contributed by atoms with Gasteiger partial charge >= 0.3 is 17.8 Å². The van der Waals surface area contributed by atoms with Crippen molar-refractivity contribution in [3.8, 4) is 5.75 Å². The molecular weight excluding hydrogens is 462 g/mol. The number of amidine groups is 1. The molecule has 0 radical (unpaired) electrons. The topological polar surface area (TPSA) is 244 Å². The number of nitrogens with zero attached hydrogens (tertiary/aromatic N) is 3. The Balaban J connectivity index is 0.00000385. The molecule has 0 aliphatic carbocycles. The number of ether oxygens (including phenoxy) is 1. The minimum Gasteiger partial charge on any atom is -0.481 e. The van der Waals surface area contributed by atoms with Gasteiger partial charge in [-0.15, -0.1) is 0 Å². The molecule has 1 aromatic heterocycles. The number of piperazine rings is 1. The maximum absolute atomic E-state index is 13.0. The van der Waals surface area contributed by atoms with Gasteiger partial charge in [-0.3, -0.25) is 29.7 Å². The van der Waals surface area contributed by atoms with Crippen molar-refractivity contribution in [2.75, 3.05) is 13.1 Å². The van der Waals surface area contributed by atoms with Crippen LogP contribution in [-0.2, 0) is 14.4 Å². The van der Waals surface area contributed by atoms with E-state index in [1.807, 2.05) is 6.92 Å². The van der Waals surface area contributed by atoms with Gasteiger partial charge in [0.05, 0.1) is 19.0 Å². The molecule has 1 saturated heterocycles. The van der Waals surface area contributed by atoms with E-state index in [9.17, 15) is 19.5 Å². The number of amides is 2. The van der Waals surface area contributed by atoms with Crippen LogP contribution in [0, 0.1) is 5.41 Å². The van der Waals surface area contributed by atoms with E-state index in [-0.39, 0.29) is 35.2 Å². The number of carbonyl (C=O) groups excluding carboxylic acids is 2. The Labute approximate surface area is 201 Å². The van der Waals surface area contributed by atoms with Gasteiger partial charge in [-0.05, 0) is 42.3 Å². The highest BCUT2D eigenvalue weighted by Crippen LogP contribution is 2.29. The number of nitrogens with two attached hydrogens (primary N) is 1. The van der Waals surface area contributed by atoms with Crippen LogP contribution in [0.3, 0.4) is 0 Å². The lowest BCUT2D eigenvalue weighted by molar-refractivity contribution is -0.169. The summed E-state index contributed by atoms with van der Waals surface area (Å²) in [6.07, 6.45) is 2.46. The number of nitrogens with one attached hydrogen (secondary N) is 1. The van der Waals surface area contributed by atoms with Crippen molar-refractivity contribution >= 4 is 23.6 Å². The fourth-order valence-electron chi connectivity index (χ4n) is 3.60. The fourth-order valence-corrected chi connectivity index (χ4v) is 3.60. The Kier molecular flexibility index (Phi) is 12.0. The second kappa shape index (κ2) is 13.6. The Morgan fingerprint density at radius 3 is 2.37 bits per heavy atom. The van der Waals surface area contributed by atoms with Crippen LogP contribution in [0.2, 0.25) is 0 Å². The molecule has 1 aliphatic heterocycles. The number of hydrogen-bond acceptors (Lipinski definition) is 6. The Hall–Kier alpha value is -4.07. The quantitative estimate of drug-likeness (QED) is 0.220. The number of carbonyl (C=O) groups is 3. The number of benzene rings is 1. The van der Waals surface area contributed by atoms with Crippen LogP contribution in [-0.4, -0.2) is 79.3 Å². The number of pyridine rings is 1. The summed E-state index contributed by atoms with van der Waals surface area (Å²) in [4.78, 5) is 44.0. The van der Waals surface area contributed by atoms with E-state index in [1.165, 1.54) is 16.0 Å². The van der Waals surface area contributed by atoms with Gasteiger partial charge in [0.1, 0.15) is 11.6 Å². The number of aliphatic carboxylic acids is 1. The van der Waals surface area contributed by atoms with Gasteiger partial charge in [-0.2, -0.15) is 0 Å². The molecule has 0 saturated carbocycles. The number of rotatable bonds is 9. The molecule has 0 bridgehead atoms. The number of carboxylic acid groups (broad SMARTS) is 1. The van der Waals surface area contributed by atoms with E-state index in [0.717, 1.165) is 0 Å². The fraction of sp³-hybridized carbons (Fsp3) is 0.318. The van der Waals surface area contributed by atoms with Crippen molar-refractivity contribution < 1.29 is 40.7 Å². The van der Waals surface area contributed by atoms with Gasteiger partial charge in [0.2, 0.25) is 0 Å². The summed E-state index contributed by atoms with van der Waals surface area (Å²) in [5.41, 5.74) is 6.53. The zero-order chi connectivity index (χ0) is 23.3. The predicted molar refractivity (Wildman–Crippen MR) is 126 cm³/mol. The molecule has 35 heavy (non-hydrogen) atoms.